The maximum absolute atomic E-state index is 4.23. The molecule has 1 aliphatic rings. The minimum atomic E-state index is 0.188. The quantitative estimate of drug-likeness (QED) is 0.512. The molecule has 0 aromatic heterocycles. The molecule has 0 heteroatoms. The molecule has 0 N–H and O–H groups in total. The third-order valence-electron chi connectivity index (χ3n) is 3.75. The highest BCUT2D eigenvalue weighted by Crippen LogP contribution is 2.44. The molecule has 0 aliphatic heterocycles. The summed E-state index contributed by atoms with van der Waals surface area (Å²) in [6.07, 6.45) is 0. The van der Waals surface area contributed by atoms with Gasteiger partial charge in [-0.1, -0.05) is 63.7 Å². The summed E-state index contributed by atoms with van der Waals surface area (Å²) in [7, 11) is 0. The van der Waals surface area contributed by atoms with Gasteiger partial charge in [0.05, 0.1) is 0 Å². The van der Waals surface area contributed by atoms with Gasteiger partial charge in [-0.05, 0) is 44.9 Å². The maximum atomic E-state index is 4.23. The van der Waals surface area contributed by atoms with Crippen molar-refractivity contribution >= 4 is 5.57 Å². The molecule has 90 valence electrons. The van der Waals surface area contributed by atoms with Crippen LogP contribution in [0.5, 0.6) is 0 Å². The minimum absolute atomic E-state index is 0.188. The smallest absolute Gasteiger partial charge is 0.00962 e. The van der Waals surface area contributed by atoms with Crippen molar-refractivity contribution in [1.82, 2.24) is 0 Å². The van der Waals surface area contributed by atoms with Gasteiger partial charge < -0.3 is 0 Å². The first-order valence-corrected chi connectivity index (χ1v) is 6.42. The number of benzene rings is 2. The summed E-state index contributed by atoms with van der Waals surface area (Å²) in [5, 5.41) is 0. The molecular formula is C18H18. The van der Waals surface area contributed by atoms with Gasteiger partial charge in [-0.25, -0.2) is 0 Å². The largest absolute Gasteiger partial charge is 0.0905 e. The van der Waals surface area contributed by atoms with Crippen LogP contribution in [0.2, 0.25) is 0 Å². The third kappa shape index (κ3) is 1.53. The van der Waals surface area contributed by atoms with Crippen molar-refractivity contribution in [1.29, 1.82) is 0 Å². The fraction of sp³-hybridized carbons (Fsp3) is 0.222. The van der Waals surface area contributed by atoms with Crippen LogP contribution in [0.3, 0.4) is 0 Å². The van der Waals surface area contributed by atoms with Crippen LogP contribution in [0.25, 0.3) is 16.7 Å². The lowest BCUT2D eigenvalue weighted by Gasteiger charge is -2.20. The van der Waals surface area contributed by atoms with E-state index in [9.17, 15) is 0 Å². The highest BCUT2D eigenvalue weighted by atomic mass is 14.3. The van der Waals surface area contributed by atoms with E-state index in [1.807, 2.05) is 0 Å². The molecule has 0 unspecified atom stereocenters. The van der Waals surface area contributed by atoms with Gasteiger partial charge in [0.1, 0.15) is 0 Å². The van der Waals surface area contributed by atoms with E-state index in [0.717, 1.165) is 5.57 Å². The predicted octanol–water partition coefficient (Wildman–Crippen LogP) is 5.03. The van der Waals surface area contributed by atoms with Gasteiger partial charge in [0.2, 0.25) is 0 Å². The summed E-state index contributed by atoms with van der Waals surface area (Å²) in [6, 6.07) is 15.3. The summed E-state index contributed by atoms with van der Waals surface area (Å²) in [5.41, 5.74) is 7.94. The normalized spacial score (nSPS) is 13.4. The van der Waals surface area contributed by atoms with E-state index in [1.54, 1.807) is 0 Å². The van der Waals surface area contributed by atoms with Crippen LogP contribution in [0.1, 0.15) is 37.5 Å². The van der Waals surface area contributed by atoms with Crippen LogP contribution in [0.4, 0.5) is 0 Å². The van der Waals surface area contributed by atoms with Crippen molar-refractivity contribution in [3.8, 4) is 11.1 Å². The fourth-order valence-electron chi connectivity index (χ4n) is 2.62. The van der Waals surface area contributed by atoms with Crippen molar-refractivity contribution in [2.24, 2.45) is 0 Å². The zero-order valence-corrected chi connectivity index (χ0v) is 11.2. The second kappa shape index (κ2) is 3.58. The summed E-state index contributed by atoms with van der Waals surface area (Å²) in [6.45, 7) is 11.0. The van der Waals surface area contributed by atoms with Crippen LogP contribution in [0, 0.1) is 0 Å². The summed E-state index contributed by atoms with van der Waals surface area (Å²) < 4.78 is 0. The summed E-state index contributed by atoms with van der Waals surface area (Å²) in [5.74, 6) is 0. The molecule has 0 nitrogen and oxygen atoms in total. The summed E-state index contributed by atoms with van der Waals surface area (Å²) in [4.78, 5) is 0. The molecular weight excluding hydrogens is 216 g/mol. The zero-order valence-electron chi connectivity index (χ0n) is 11.2. The van der Waals surface area contributed by atoms with E-state index in [1.165, 1.54) is 27.8 Å². The molecule has 0 heterocycles. The predicted molar refractivity (Wildman–Crippen MR) is 78.7 cm³/mol. The van der Waals surface area contributed by atoms with Crippen LogP contribution >= 0.6 is 0 Å². The number of fused-ring (bicyclic) bond motifs is 3. The molecule has 0 spiro atoms. The third-order valence-corrected chi connectivity index (χ3v) is 3.75. The number of hydrogen-bond donors (Lipinski definition) is 0. The Balaban J connectivity index is 2.26. The minimum Gasteiger partial charge on any atom is -0.0905 e. The Labute approximate surface area is 109 Å². The van der Waals surface area contributed by atoms with Crippen molar-refractivity contribution in [2.75, 3.05) is 0 Å². The van der Waals surface area contributed by atoms with Crippen LogP contribution < -0.4 is 0 Å². The summed E-state index contributed by atoms with van der Waals surface area (Å²) >= 11 is 0. The molecule has 1 aliphatic carbocycles. The average molecular weight is 234 g/mol. The fourth-order valence-corrected chi connectivity index (χ4v) is 2.62. The molecule has 0 saturated heterocycles. The van der Waals surface area contributed by atoms with Crippen molar-refractivity contribution in [3.63, 3.8) is 0 Å². The van der Waals surface area contributed by atoms with E-state index in [0.29, 0.717) is 0 Å². The molecule has 0 radical (unpaired) electrons. The second-order valence-corrected chi connectivity index (χ2v) is 6.03. The molecule has 0 bridgehead atoms. The first-order chi connectivity index (χ1) is 8.48. The SMILES string of the molecule is C=C1c2ccccc2-c2cc(C(C)(C)C)ccc21. The van der Waals surface area contributed by atoms with Crippen molar-refractivity contribution < 1.29 is 0 Å². The van der Waals surface area contributed by atoms with E-state index >= 15 is 0 Å². The molecule has 18 heavy (non-hydrogen) atoms. The van der Waals surface area contributed by atoms with Gasteiger partial charge in [-0.3, -0.25) is 0 Å². The lowest BCUT2D eigenvalue weighted by atomic mass is 9.85. The van der Waals surface area contributed by atoms with Gasteiger partial charge in [-0.2, -0.15) is 0 Å². The first kappa shape index (κ1) is 11.3. The van der Waals surface area contributed by atoms with Crippen LogP contribution in [0.15, 0.2) is 49.0 Å². The maximum Gasteiger partial charge on any atom is -0.00962 e. The topological polar surface area (TPSA) is 0 Å². The second-order valence-electron chi connectivity index (χ2n) is 6.03. The highest BCUT2D eigenvalue weighted by Gasteiger charge is 2.23. The lowest BCUT2D eigenvalue weighted by Crippen LogP contribution is -2.10. The van der Waals surface area contributed by atoms with Crippen molar-refractivity contribution in [3.05, 3.63) is 65.7 Å². The van der Waals surface area contributed by atoms with Gasteiger partial charge in [0.15, 0.2) is 0 Å². The Morgan fingerprint density at radius 3 is 2.06 bits per heavy atom. The van der Waals surface area contributed by atoms with Crippen LogP contribution in [-0.2, 0) is 5.41 Å². The lowest BCUT2D eigenvalue weighted by molar-refractivity contribution is 0.590. The highest BCUT2D eigenvalue weighted by molar-refractivity contribution is 6.00. The van der Waals surface area contributed by atoms with E-state index < -0.39 is 0 Å². The van der Waals surface area contributed by atoms with Crippen molar-refractivity contribution in [2.45, 2.75) is 26.2 Å². The van der Waals surface area contributed by atoms with E-state index in [-0.39, 0.29) is 5.41 Å². The molecule has 0 fully saturated rings. The Morgan fingerprint density at radius 2 is 1.39 bits per heavy atom. The number of rotatable bonds is 0. The average Bonchev–Trinajstić information content (AvgIpc) is 2.63. The Bertz CT molecular complexity index is 639. The molecule has 3 rings (SSSR count). The van der Waals surface area contributed by atoms with Crippen LogP contribution in [-0.4, -0.2) is 0 Å². The zero-order chi connectivity index (χ0) is 12.9. The monoisotopic (exact) mass is 234 g/mol. The van der Waals surface area contributed by atoms with E-state index in [4.69, 9.17) is 0 Å². The van der Waals surface area contributed by atoms with E-state index in [2.05, 4.69) is 69.8 Å². The Hall–Kier alpha value is -1.82. The van der Waals surface area contributed by atoms with Gasteiger partial charge in [0, 0.05) is 0 Å². The number of hydrogen-bond acceptors (Lipinski definition) is 0. The van der Waals surface area contributed by atoms with Gasteiger partial charge in [0.25, 0.3) is 0 Å². The molecule has 0 saturated carbocycles. The molecule has 0 amide bonds. The van der Waals surface area contributed by atoms with Gasteiger partial charge >= 0.3 is 0 Å². The Morgan fingerprint density at radius 1 is 0.778 bits per heavy atom. The molecule has 0 atom stereocenters. The van der Waals surface area contributed by atoms with Gasteiger partial charge in [-0.15, -0.1) is 0 Å². The standard InChI is InChI=1S/C18H18/c1-12-14-7-5-6-8-16(14)17-11-13(18(2,3)4)9-10-15(12)17/h5-11H,1H2,2-4H3. The first-order valence-electron chi connectivity index (χ1n) is 6.42. The molecule has 2 aromatic rings. The Kier molecular flexibility index (Phi) is 2.25. The molecule has 2 aromatic carbocycles.